The number of rotatable bonds is 5. The van der Waals surface area contributed by atoms with E-state index in [0.717, 1.165) is 39.4 Å². The molecule has 3 aliphatic heterocycles. The van der Waals surface area contributed by atoms with Crippen molar-refractivity contribution in [3.05, 3.63) is 175 Å². The summed E-state index contributed by atoms with van der Waals surface area (Å²) in [5, 5.41) is 2.35. The first-order valence-corrected chi connectivity index (χ1v) is 23.6. The molecule has 0 fully saturated rings. The van der Waals surface area contributed by atoms with Crippen LogP contribution in [-0.2, 0) is 10.8 Å². The van der Waals surface area contributed by atoms with Crippen molar-refractivity contribution in [1.82, 2.24) is 9.55 Å². The van der Waals surface area contributed by atoms with Crippen LogP contribution in [0.3, 0.4) is 0 Å². The van der Waals surface area contributed by atoms with E-state index in [1.165, 1.54) is 70.2 Å². The molecule has 0 saturated carbocycles. The molecule has 314 valence electrons. The van der Waals surface area contributed by atoms with Gasteiger partial charge in [0.25, 0.3) is 0 Å². The molecule has 0 saturated heterocycles. The summed E-state index contributed by atoms with van der Waals surface area (Å²) in [5.41, 5.74) is 12.9. The van der Waals surface area contributed by atoms with Crippen LogP contribution >= 0.6 is 23.5 Å². The van der Waals surface area contributed by atoms with E-state index >= 15 is 0 Å². The van der Waals surface area contributed by atoms with E-state index < -0.39 is 0 Å². The molecule has 3 aliphatic rings. The van der Waals surface area contributed by atoms with Crippen LogP contribution in [0, 0.1) is 0 Å². The third kappa shape index (κ3) is 6.37. The van der Waals surface area contributed by atoms with Crippen LogP contribution in [0.4, 0.5) is 39.8 Å². The molecule has 0 amide bonds. The quantitative estimate of drug-likeness (QED) is 0.171. The molecule has 12 rings (SSSR count). The van der Waals surface area contributed by atoms with Gasteiger partial charge in [0.15, 0.2) is 0 Å². The van der Waals surface area contributed by atoms with Gasteiger partial charge in [0.1, 0.15) is 24.0 Å². The third-order valence-electron chi connectivity index (χ3n) is 12.7. The second-order valence-corrected chi connectivity index (χ2v) is 21.2. The molecule has 9 aromatic rings. The normalized spacial score (nSPS) is 14.1. The number of benzene rings is 7. The van der Waals surface area contributed by atoms with Gasteiger partial charge in [-0.1, -0.05) is 120 Å². The Labute approximate surface area is 383 Å². The second-order valence-electron chi connectivity index (χ2n) is 19.0. The van der Waals surface area contributed by atoms with E-state index in [2.05, 4.69) is 219 Å². The zero-order chi connectivity index (χ0) is 43.5. The Morgan fingerprint density at radius 3 is 1.72 bits per heavy atom. The van der Waals surface area contributed by atoms with Crippen LogP contribution < -0.4 is 19.4 Å². The number of para-hydroxylation sites is 5. The standard InChI is InChI=1S/C56H47N5OS2/c1-55(2,3)35-25-26-57-53(29-35)60-43-16-8-7-15-41(43)42-24-23-39(33-48(42)60)62-40-28-36(56(4,5)6)27-37(30-40)58-34-59(45-18-10-9-17-44(45)58)38-31-51-54-52(32-38)64-50-22-14-12-20-47(50)61(54)46-19-11-13-21-49(46)63-51/h7-33H,34H2,1-6H3. The number of pyridine rings is 1. The molecule has 0 bridgehead atoms. The lowest BCUT2D eigenvalue weighted by atomic mass is 9.86. The summed E-state index contributed by atoms with van der Waals surface area (Å²) in [4.78, 5) is 17.4. The van der Waals surface area contributed by atoms with Gasteiger partial charge in [-0.2, -0.15) is 0 Å². The predicted molar refractivity (Wildman–Crippen MR) is 267 cm³/mol. The van der Waals surface area contributed by atoms with Gasteiger partial charge in [0.05, 0.1) is 39.5 Å². The zero-order valence-corrected chi connectivity index (χ0v) is 38.4. The summed E-state index contributed by atoms with van der Waals surface area (Å²) >= 11 is 3.74. The molecule has 2 aromatic heterocycles. The fourth-order valence-electron chi connectivity index (χ4n) is 9.46. The van der Waals surface area contributed by atoms with Crippen LogP contribution in [0.1, 0.15) is 52.7 Å². The van der Waals surface area contributed by atoms with Crippen molar-refractivity contribution in [2.24, 2.45) is 0 Å². The molecule has 0 unspecified atom stereocenters. The molecule has 0 N–H and O–H groups in total. The van der Waals surface area contributed by atoms with Crippen molar-refractivity contribution < 1.29 is 4.74 Å². The lowest BCUT2D eigenvalue weighted by molar-refractivity contribution is 0.479. The van der Waals surface area contributed by atoms with Gasteiger partial charge < -0.3 is 19.4 Å². The lowest BCUT2D eigenvalue weighted by Gasteiger charge is -2.39. The first kappa shape index (κ1) is 39.0. The van der Waals surface area contributed by atoms with Gasteiger partial charge in [0, 0.05) is 60.1 Å². The molecule has 8 heteroatoms. The number of ether oxygens (including phenoxy) is 1. The highest BCUT2D eigenvalue weighted by atomic mass is 32.2. The smallest absolute Gasteiger partial charge is 0.137 e. The van der Waals surface area contributed by atoms with Gasteiger partial charge in [-0.25, -0.2) is 4.98 Å². The maximum absolute atomic E-state index is 6.97. The Hall–Kier alpha value is -6.61. The minimum atomic E-state index is -0.124. The summed E-state index contributed by atoms with van der Waals surface area (Å²) in [6, 6.07) is 57.3. The number of hydrogen-bond acceptors (Lipinski definition) is 7. The van der Waals surface area contributed by atoms with Crippen LogP contribution in [0.15, 0.2) is 184 Å². The first-order valence-electron chi connectivity index (χ1n) is 22.0. The largest absolute Gasteiger partial charge is 0.457 e. The highest BCUT2D eigenvalue weighted by molar-refractivity contribution is 8.00. The predicted octanol–water partition coefficient (Wildman–Crippen LogP) is 16.2. The second kappa shape index (κ2) is 14.5. The van der Waals surface area contributed by atoms with Crippen LogP contribution in [0.5, 0.6) is 11.5 Å². The monoisotopic (exact) mass is 869 g/mol. The molecule has 64 heavy (non-hydrogen) atoms. The van der Waals surface area contributed by atoms with Crippen molar-refractivity contribution >= 4 is 85.1 Å². The van der Waals surface area contributed by atoms with Crippen LogP contribution in [-0.4, -0.2) is 16.2 Å². The van der Waals surface area contributed by atoms with E-state index in [9.17, 15) is 0 Å². The Morgan fingerprint density at radius 1 is 0.484 bits per heavy atom. The van der Waals surface area contributed by atoms with Crippen LogP contribution in [0.25, 0.3) is 27.6 Å². The lowest BCUT2D eigenvalue weighted by Crippen LogP contribution is -2.25. The Bertz CT molecular complexity index is 3290. The molecule has 0 spiro atoms. The van der Waals surface area contributed by atoms with Gasteiger partial charge in [-0.3, -0.25) is 4.57 Å². The number of fused-ring (bicyclic) bond motifs is 8. The van der Waals surface area contributed by atoms with Crippen molar-refractivity contribution in [3.63, 3.8) is 0 Å². The minimum absolute atomic E-state index is 0.0101. The number of aromatic nitrogens is 2. The number of hydrogen-bond donors (Lipinski definition) is 0. The topological polar surface area (TPSA) is 36.8 Å². The molecular formula is C56H47N5OS2. The molecule has 0 radical (unpaired) electrons. The maximum atomic E-state index is 6.97. The van der Waals surface area contributed by atoms with Gasteiger partial charge in [0.2, 0.25) is 0 Å². The molecule has 7 aromatic carbocycles. The first-order chi connectivity index (χ1) is 31.0. The third-order valence-corrected chi connectivity index (χ3v) is 14.9. The summed E-state index contributed by atoms with van der Waals surface area (Å²) in [6.45, 7) is 14.2. The van der Waals surface area contributed by atoms with Gasteiger partial charge >= 0.3 is 0 Å². The van der Waals surface area contributed by atoms with Crippen molar-refractivity contribution in [2.75, 3.05) is 21.4 Å². The maximum Gasteiger partial charge on any atom is 0.137 e. The summed E-state index contributed by atoms with van der Waals surface area (Å²) < 4.78 is 9.25. The molecular weight excluding hydrogens is 823 g/mol. The highest BCUT2D eigenvalue weighted by Gasteiger charge is 2.36. The number of anilines is 7. The summed E-state index contributed by atoms with van der Waals surface area (Å²) in [5.74, 6) is 2.48. The highest BCUT2D eigenvalue weighted by Crippen LogP contribution is 2.61. The molecule has 5 heterocycles. The van der Waals surface area contributed by atoms with E-state index in [0.29, 0.717) is 6.67 Å². The van der Waals surface area contributed by atoms with E-state index in [1.54, 1.807) is 0 Å². The van der Waals surface area contributed by atoms with Crippen molar-refractivity contribution in [3.8, 4) is 17.3 Å². The summed E-state index contributed by atoms with van der Waals surface area (Å²) in [6.07, 6.45) is 1.93. The van der Waals surface area contributed by atoms with Gasteiger partial charge in [-0.05, 0) is 113 Å². The molecule has 6 nitrogen and oxygen atoms in total. The minimum Gasteiger partial charge on any atom is -0.457 e. The Balaban J connectivity index is 0.936. The SMILES string of the molecule is CC(C)(C)c1cc(Oc2ccc3c4ccccc4n(-c4cc(C(C)(C)C)ccn4)c3c2)cc(N2CN(c3cc4c5c(c3)Sc3ccccc3N5c3ccccc3S4)c3ccccc32)c1. The molecule has 0 atom stereocenters. The Kier molecular flexibility index (Phi) is 8.81. The van der Waals surface area contributed by atoms with Gasteiger partial charge in [-0.15, -0.1) is 0 Å². The zero-order valence-electron chi connectivity index (χ0n) is 36.8. The van der Waals surface area contributed by atoms with Crippen molar-refractivity contribution in [2.45, 2.75) is 72.0 Å². The van der Waals surface area contributed by atoms with E-state index in [4.69, 9.17) is 9.72 Å². The van der Waals surface area contributed by atoms with E-state index in [-0.39, 0.29) is 10.8 Å². The Morgan fingerprint density at radius 2 is 1.06 bits per heavy atom. The molecule has 0 aliphatic carbocycles. The van der Waals surface area contributed by atoms with E-state index in [1.807, 2.05) is 29.7 Å². The summed E-state index contributed by atoms with van der Waals surface area (Å²) in [7, 11) is 0. The average molecular weight is 870 g/mol. The fourth-order valence-corrected chi connectivity index (χ4v) is 11.8. The van der Waals surface area contributed by atoms with Crippen molar-refractivity contribution in [1.29, 1.82) is 0 Å². The number of nitrogens with zero attached hydrogens (tertiary/aromatic N) is 5. The fraction of sp³-hybridized carbons (Fsp3) is 0.161. The van der Waals surface area contributed by atoms with Crippen LogP contribution in [0.2, 0.25) is 0 Å². The average Bonchev–Trinajstić information content (AvgIpc) is 3.84.